The van der Waals surface area contributed by atoms with Crippen LogP contribution in [0.5, 0.6) is 0 Å². The molecular weight excluding hydrogens is 740 g/mol. The van der Waals surface area contributed by atoms with Gasteiger partial charge in [-0.2, -0.15) is 0 Å². The van der Waals surface area contributed by atoms with Crippen LogP contribution in [0.1, 0.15) is 107 Å². The summed E-state index contributed by atoms with van der Waals surface area (Å²) >= 11 is 0. The molecule has 15 atom stereocenters. The molecule has 17 heteroatoms. The van der Waals surface area contributed by atoms with Gasteiger partial charge in [-0.25, -0.2) is 0 Å². The molecule has 0 aromatic carbocycles. The highest BCUT2D eigenvalue weighted by molar-refractivity contribution is 5.80. The van der Waals surface area contributed by atoms with Gasteiger partial charge in [0.05, 0.1) is 28.8 Å². The number of hydrogen-bond donors (Lipinski definition) is 2. The van der Waals surface area contributed by atoms with Gasteiger partial charge in [0, 0.05) is 71.6 Å². The summed E-state index contributed by atoms with van der Waals surface area (Å²) in [6, 6.07) is 0. The Labute approximate surface area is 325 Å². The topological polar surface area (TPSA) is 234 Å². The van der Waals surface area contributed by atoms with Crippen molar-refractivity contribution < 1.29 is 81.7 Å². The molecule has 5 rings (SSSR count). The van der Waals surface area contributed by atoms with E-state index in [4.69, 9.17) is 37.9 Å². The molecular formula is C39H56O17. The van der Waals surface area contributed by atoms with Crippen LogP contribution in [0.15, 0.2) is 0 Å². The molecule has 2 N–H and O–H groups in total. The lowest BCUT2D eigenvalue weighted by atomic mass is 9.40. The quantitative estimate of drug-likeness (QED) is 0.183. The van der Waals surface area contributed by atoms with Gasteiger partial charge < -0.3 is 48.1 Å². The third kappa shape index (κ3) is 7.67. The van der Waals surface area contributed by atoms with Crippen LogP contribution in [0, 0.1) is 28.6 Å². The van der Waals surface area contributed by atoms with E-state index < -0.39 is 131 Å². The van der Waals surface area contributed by atoms with E-state index in [1.807, 2.05) is 6.92 Å². The number of carbonyl (C=O) groups is 7. The molecule has 314 valence electrons. The summed E-state index contributed by atoms with van der Waals surface area (Å²) in [4.78, 5) is 88.1. The van der Waals surface area contributed by atoms with Crippen LogP contribution < -0.4 is 0 Å². The second-order valence-corrected chi connectivity index (χ2v) is 16.6. The molecule has 0 aromatic heterocycles. The van der Waals surface area contributed by atoms with Gasteiger partial charge in [-0.3, -0.25) is 33.6 Å². The van der Waals surface area contributed by atoms with E-state index in [2.05, 4.69) is 0 Å². The average Bonchev–Trinajstić information content (AvgIpc) is 3.33. The Balaban J connectivity index is 1.61. The van der Waals surface area contributed by atoms with Crippen LogP contribution in [-0.4, -0.2) is 119 Å². The van der Waals surface area contributed by atoms with Crippen molar-refractivity contribution in [3.8, 4) is 0 Å². The molecule has 0 aromatic rings. The molecule has 5 fully saturated rings. The predicted octanol–water partition coefficient (Wildman–Crippen LogP) is 2.02. The number of Topliss-reactive ketones (excluding diaryl/α,β-unsaturated/α-hetero) is 1. The zero-order chi connectivity index (χ0) is 41.7. The summed E-state index contributed by atoms with van der Waals surface area (Å²) in [5.74, 6) is -6.67. The number of fused-ring (bicyclic) bond motifs is 5. The van der Waals surface area contributed by atoms with Crippen molar-refractivity contribution in [3.63, 3.8) is 0 Å². The number of carbonyl (C=O) groups excluding carboxylic acids is 7. The monoisotopic (exact) mass is 796 g/mol. The summed E-state index contributed by atoms with van der Waals surface area (Å²) in [5, 5.41) is 25.9. The average molecular weight is 797 g/mol. The summed E-state index contributed by atoms with van der Waals surface area (Å²) in [7, 11) is 0. The Kier molecular flexibility index (Phi) is 12.4. The smallest absolute Gasteiger partial charge is 0.303 e. The molecule has 17 nitrogen and oxygen atoms in total. The lowest BCUT2D eigenvalue weighted by Gasteiger charge is -2.68. The molecule has 5 aliphatic rings. The molecule has 56 heavy (non-hydrogen) atoms. The van der Waals surface area contributed by atoms with Gasteiger partial charge in [0.25, 0.3) is 0 Å². The highest BCUT2D eigenvalue weighted by Crippen LogP contribution is 2.71. The van der Waals surface area contributed by atoms with Crippen molar-refractivity contribution >= 4 is 41.6 Å². The molecule has 1 heterocycles. The minimum Gasteiger partial charge on any atom is -0.465 e. The molecule has 0 radical (unpaired) electrons. The summed E-state index contributed by atoms with van der Waals surface area (Å²) < 4.78 is 47.0. The second kappa shape index (κ2) is 15.9. The van der Waals surface area contributed by atoms with Gasteiger partial charge in [0.1, 0.15) is 24.6 Å². The van der Waals surface area contributed by atoms with E-state index in [1.54, 1.807) is 6.92 Å². The van der Waals surface area contributed by atoms with E-state index >= 15 is 0 Å². The fourth-order valence-corrected chi connectivity index (χ4v) is 11.3. The van der Waals surface area contributed by atoms with Crippen molar-refractivity contribution in [2.45, 2.75) is 167 Å². The first-order valence-electron chi connectivity index (χ1n) is 19.2. The highest BCUT2D eigenvalue weighted by atomic mass is 16.7. The molecule has 0 bridgehead atoms. The Morgan fingerprint density at radius 2 is 1.27 bits per heavy atom. The maximum atomic E-state index is 13.1. The van der Waals surface area contributed by atoms with Crippen molar-refractivity contribution in [3.05, 3.63) is 0 Å². The molecule has 1 aliphatic heterocycles. The van der Waals surface area contributed by atoms with Gasteiger partial charge in [-0.05, 0) is 51.9 Å². The van der Waals surface area contributed by atoms with Gasteiger partial charge >= 0.3 is 35.8 Å². The Hall–Kier alpha value is -3.67. The van der Waals surface area contributed by atoms with Crippen LogP contribution in [0.2, 0.25) is 0 Å². The SMILES string of the molecule is CC(=O)OC[C@@]12[C@@H]3[C@@H](CC[C@]1(O)C[C@@H](O[C@@H]1O[C@@H](C)[C@H](OC(C)=O)[C@@H](OC(C)=O)[C@H]1OC(C)=O)C[C@H]2OC(C)=O)[C@@]1(O)CC[C@H](C(C)=O)[C@@]1(C)C[C@H]3OC(C)=O. The maximum absolute atomic E-state index is 13.1. The van der Waals surface area contributed by atoms with Crippen molar-refractivity contribution in [1.29, 1.82) is 0 Å². The molecule has 4 aliphatic carbocycles. The number of aliphatic hydroxyl groups is 2. The second-order valence-electron chi connectivity index (χ2n) is 16.6. The van der Waals surface area contributed by atoms with Gasteiger partial charge in [0.2, 0.25) is 0 Å². The first-order chi connectivity index (χ1) is 26.0. The van der Waals surface area contributed by atoms with E-state index in [0.29, 0.717) is 6.42 Å². The van der Waals surface area contributed by atoms with Crippen LogP contribution in [0.25, 0.3) is 0 Å². The van der Waals surface area contributed by atoms with Crippen molar-refractivity contribution in [2.24, 2.45) is 28.6 Å². The molecule has 4 saturated carbocycles. The number of esters is 6. The largest absolute Gasteiger partial charge is 0.465 e. The van der Waals surface area contributed by atoms with Crippen molar-refractivity contribution in [1.82, 2.24) is 0 Å². The third-order valence-electron chi connectivity index (χ3n) is 13.2. The maximum Gasteiger partial charge on any atom is 0.303 e. The molecule has 0 unspecified atom stereocenters. The minimum atomic E-state index is -1.89. The Morgan fingerprint density at radius 1 is 0.696 bits per heavy atom. The fourth-order valence-electron chi connectivity index (χ4n) is 11.3. The Bertz CT molecular complexity index is 1600. The standard InChI is InChI=1S/C39H56O17/c1-18(40)27-11-13-39(48)28-10-12-37(47)15-26(56-35-34(55-25(8)46)33(54-24(7)45)32(19(2)50-35)53-23(6)44)14-30(52-22(5)43)38(37,17-49-20(3)41)31(28)29(51-21(4)42)16-36(27,39)9/h19,26-35,47-48H,10-17H2,1-9H3/t19-,26-,27+,28+,29+,30+,31+,32-,33+,34+,35-,36+,37-,38+,39-/m0/s1. The number of rotatable bonds is 10. The summed E-state index contributed by atoms with van der Waals surface area (Å²) in [6.07, 6.45) is -9.29. The fraction of sp³-hybridized carbons (Fsp3) is 0.821. The van der Waals surface area contributed by atoms with Gasteiger partial charge in [-0.15, -0.1) is 0 Å². The summed E-state index contributed by atoms with van der Waals surface area (Å²) in [6.45, 7) is 11.4. The van der Waals surface area contributed by atoms with Gasteiger partial charge in [-0.1, -0.05) is 6.92 Å². The van der Waals surface area contributed by atoms with E-state index in [-0.39, 0.29) is 44.3 Å². The number of ether oxygens (including phenoxy) is 8. The lowest BCUT2D eigenvalue weighted by molar-refractivity contribution is -0.344. The molecule has 0 spiro atoms. The normalized spacial score (nSPS) is 42.7. The van der Waals surface area contributed by atoms with Gasteiger partial charge in [0.15, 0.2) is 24.6 Å². The third-order valence-corrected chi connectivity index (χ3v) is 13.2. The van der Waals surface area contributed by atoms with E-state index in [0.717, 1.165) is 20.8 Å². The van der Waals surface area contributed by atoms with Crippen LogP contribution in [0.3, 0.4) is 0 Å². The number of ketones is 1. The molecule has 1 saturated heterocycles. The van der Waals surface area contributed by atoms with Crippen LogP contribution >= 0.6 is 0 Å². The van der Waals surface area contributed by atoms with Crippen LogP contribution in [-0.2, 0) is 71.5 Å². The lowest BCUT2D eigenvalue weighted by Crippen LogP contribution is -2.77. The zero-order valence-corrected chi connectivity index (χ0v) is 33.5. The van der Waals surface area contributed by atoms with E-state index in [9.17, 15) is 43.8 Å². The van der Waals surface area contributed by atoms with Crippen LogP contribution in [0.4, 0.5) is 0 Å². The first kappa shape index (κ1) is 43.5. The number of hydrogen-bond acceptors (Lipinski definition) is 17. The van der Waals surface area contributed by atoms with Crippen molar-refractivity contribution in [2.75, 3.05) is 6.61 Å². The first-order valence-corrected chi connectivity index (χ1v) is 19.2. The minimum absolute atomic E-state index is 0.0249. The predicted molar refractivity (Wildman–Crippen MR) is 188 cm³/mol. The van der Waals surface area contributed by atoms with E-state index in [1.165, 1.54) is 27.7 Å². The summed E-state index contributed by atoms with van der Waals surface area (Å²) in [5.41, 5.74) is -6.06. The molecule has 0 amide bonds. The zero-order valence-electron chi connectivity index (χ0n) is 33.5. The highest BCUT2D eigenvalue weighted by Gasteiger charge is 2.77. The Morgan fingerprint density at radius 3 is 1.82 bits per heavy atom.